The molecule has 110 valence electrons. The summed E-state index contributed by atoms with van der Waals surface area (Å²) in [4.78, 5) is 26.5. The second-order valence-electron chi connectivity index (χ2n) is 5.32. The fourth-order valence-corrected chi connectivity index (χ4v) is 2.77. The van der Waals surface area contributed by atoms with Gasteiger partial charge in [-0.15, -0.1) is 0 Å². The van der Waals surface area contributed by atoms with Gasteiger partial charge in [0.2, 0.25) is 5.91 Å². The molecule has 0 radical (unpaired) electrons. The smallest absolute Gasteiger partial charge is 0.252 e. The first kappa shape index (κ1) is 14.6. The highest BCUT2D eigenvalue weighted by Gasteiger charge is 2.42. The van der Waals surface area contributed by atoms with Crippen LogP contribution in [-0.4, -0.2) is 33.7 Å². The number of nitrogens with zero attached hydrogens (tertiary/aromatic N) is 3. The van der Waals surface area contributed by atoms with Crippen molar-refractivity contribution in [3.8, 4) is 0 Å². The van der Waals surface area contributed by atoms with Crippen LogP contribution in [0.2, 0.25) is 0 Å². The van der Waals surface area contributed by atoms with Crippen molar-refractivity contribution in [3.05, 3.63) is 11.9 Å². The van der Waals surface area contributed by atoms with Crippen LogP contribution in [0.3, 0.4) is 0 Å². The van der Waals surface area contributed by atoms with E-state index in [0.717, 1.165) is 11.4 Å². The van der Waals surface area contributed by atoms with Crippen LogP contribution in [0.1, 0.15) is 38.8 Å². The fourth-order valence-electron chi connectivity index (χ4n) is 2.77. The number of rotatable bonds is 3. The molecule has 6 nitrogen and oxygen atoms in total. The van der Waals surface area contributed by atoms with Crippen LogP contribution < -0.4 is 10.2 Å². The molecule has 2 heterocycles. The molecule has 0 bridgehead atoms. The first-order chi connectivity index (χ1) is 9.43. The summed E-state index contributed by atoms with van der Waals surface area (Å²) in [5.74, 6) is -0.101. The van der Waals surface area contributed by atoms with Crippen molar-refractivity contribution in [2.45, 2.75) is 45.6 Å². The zero-order valence-corrected chi connectivity index (χ0v) is 12.6. The Bertz CT molecular complexity index is 531. The molecule has 1 fully saturated rings. The van der Waals surface area contributed by atoms with Crippen molar-refractivity contribution in [1.29, 1.82) is 0 Å². The Labute approximate surface area is 119 Å². The Balaban J connectivity index is 2.45. The number of aromatic nitrogens is 2. The largest absolute Gasteiger partial charge is 0.342 e. The summed E-state index contributed by atoms with van der Waals surface area (Å²) in [5, 5.41) is 7.20. The minimum absolute atomic E-state index is 0.0375. The average Bonchev–Trinajstić information content (AvgIpc) is 2.68. The van der Waals surface area contributed by atoms with Crippen LogP contribution in [0.15, 0.2) is 6.20 Å². The third kappa shape index (κ3) is 2.30. The van der Waals surface area contributed by atoms with Crippen LogP contribution in [0.25, 0.3) is 0 Å². The molecule has 1 aliphatic heterocycles. The van der Waals surface area contributed by atoms with Gasteiger partial charge in [-0.2, -0.15) is 5.10 Å². The monoisotopic (exact) mass is 278 g/mol. The molecule has 0 atom stereocenters. The number of aryl methyl sites for hydroxylation is 2. The van der Waals surface area contributed by atoms with E-state index in [0.29, 0.717) is 25.8 Å². The molecular formula is C14H22N4O2. The van der Waals surface area contributed by atoms with Gasteiger partial charge >= 0.3 is 0 Å². The Kier molecular flexibility index (Phi) is 3.83. The Morgan fingerprint density at radius 3 is 2.50 bits per heavy atom. The van der Waals surface area contributed by atoms with E-state index < -0.39 is 5.54 Å². The van der Waals surface area contributed by atoms with Crippen molar-refractivity contribution in [3.63, 3.8) is 0 Å². The summed E-state index contributed by atoms with van der Waals surface area (Å²) in [6.07, 6.45) is 3.33. The van der Waals surface area contributed by atoms with Crippen LogP contribution in [0, 0.1) is 6.92 Å². The first-order valence-electron chi connectivity index (χ1n) is 7.06. The number of nitrogens with one attached hydrogen (secondary N) is 1. The third-order valence-corrected chi connectivity index (χ3v) is 4.08. The van der Waals surface area contributed by atoms with Gasteiger partial charge in [0.15, 0.2) is 0 Å². The molecule has 1 aromatic rings. The van der Waals surface area contributed by atoms with E-state index in [-0.39, 0.29) is 11.8 Å². The molecule has 1 aromatic heterocycles. The lowest BCUT2D eigenvalue weighted by atomic mass is 9.91. The summed E-state index contributed by atoms with van der Waals surface area (Å²) in [7, 11) is 1.83. The second-order valence-corrected chi connectivity index (χ2v) is 5.32. The molecule has 1 N–H and O–H groups in total. The van der Waals surface area contributed by atoms with E-state index in [1.54, 1.807) is 9.58 Å². The van der Waals surface area contributed by atoms with Crippen molar-refractivity contribution >= 4 is 17.5 Å². The number of hydrogen-bond donors (Lipinski definition) is 1. The van der Waals surface area contributed by atoms with Gasteiger partial charge in [-0.1, -0.05) is 13.8 Å². The molecule has 0 aromatic carbocycles. The summed E-state index contributed by atoms with van der Waals surface area (Å²) in [6, 6.07) is 0. The second kappa shape index (κ2) is 5.26. The maximum absolute atomic E-state index is 12.9. The lowest BCUT2D eigenvalue weighted by Crippen LogP contribution is -2.56. The third-order valence-electron chi connectivity index (χ3n) is 4.08. The highest BCUT2D eigenvalue weighted by Crippen LogP contribution is 2.27. The van der Waals surface area contributed by atoms with Gasteiger partial charge in [-0.25, -0.2) is 0 Å². The first-order valence-corrected chi connectivity index (χ1v) is 7.06. The molecule has 2 rings (SSSR count). The van der Waals surface area contributed by atoms with Gasteiger partial charge in [0, 0.05) is 26.2 Å². The number of amides is 2. The maximum atomic E-state index is 12.9. The van der Waals surface area contributed by atoms with Gasteiger partial charge < -0.3 is 10.2 Å². The highest BCUT2D eigenvalue weighted by atomic mass is 16.2. The summed E-state index contributed by atoms with van der Waals surface area (Å²) < 4.78 is 1.69. The van der Waals surface area contributed by atoms with E-state index in [2.05, 4.69) is 10.4 Å². The zero-order valence-electron chi connectivity index (χ0n) is 12.6. The SMILES string of the molecule is CCC1(CC)NC(=O)CCN(c2cn(C)nc2C)C1=O. The van der Waals surface area contributed by atoms with Gasteiger partial charge in [0.1, 0.15) is 5.54 Å². The molecule has 0 saturated carbocycles. The molecule has 0 unspecified atom stereocenters. The van der Waals surface area contributed by atoms with Crippen LogP contribution in [0.5, 0.6) is 0 Å². The normalized spacial score (nSPS) is 18.9. The maximum Gasteiger partial charge on any atom is 0.252 e. The molecule has 2 amide bonds. The zero-order chi connectivity index (χ0) is 14.9. The number of carbonyl (C=O) groups excluding carboxylic acids is 2. The van der Waals surface area contributed by atoms with Crippen LogP contribution >= 0.6 is 0 Å². The van der Waals surface area contributed by atoms with Crippen molar-refractivity contribution in [2.75, 3.05) is 11.4 Å². The molecule has 6 heteroatoms. The van der Waals surface area contributed by atoms with E-state index in [1.165, 1.54) is 0 Å². The quantitative estimate of drug-likeness (QED) is 0.901. The molecule has 20 heavy (non-hydrogen) atoms. The molecule has 0 aliphatic carbocycles. The average molecular weight is 278 g/mol. The number of hydrogen-bond acceptors (Lipinski definition) is 3. The van der Waals surface area contributed by atoms with E-state index >= 15 is 0 Å². The molecule has 0 spiro atoms. The topological polar surface area (TPSA) is 67.2 Å². The van der Waals surface area contributed by atoms with Crippen LogP contribution in [-0.2, 0) is 16.6 Å². The molecule has 1 aliphatic rings. The summed E-state index contributed by atoms with van der Waals surface area (Å²) >= 11 is 0. The van der Waals surface area contributed by atoms with Crippen LogP contribution in [0.4, 0.5) is 5.69 Å². The predicted octanol–water partition coefficient (Wildman–Crippen LogP) is 1.14. The Morgan fingerprint density at radius 1 is 1.35 bits per heavy atom. The highest BCUT2D eigenvalue weighted by molar-refractivity contribution is 6.04. The lowest BCUT2D eigenvalue weighted by molar-refractivity contribution is -0.130. The van der Waals surface area contributed by atoms with E-state index in [4.69, 9.17) is 0 Å². The fraction of sp³-hybridized carbons (Fsp3) is 0.643. The van der Waals surface area contributed by atoms with Crippen molar-refractivity contribution in [2.24, 2.45) is 7.05 Å². The molecular weight excluding hydrogens is 256 g/mol. The van der Waals surface area contributed by atoms with Gasteiger partial charge in [-0.3, -0.25) is 14.3 Å². The summed E-state index contributed by atoms with van der Waals surface area (Å²) in [6.45, 7) is 6.14. The van der Waals surface area contributed by atoms with Crippen molar-refractivity contribution < 1.29 is 9.59 Å². The Morgan fingerprint density at radius 2 is 2.00 bits per heavy atom. The van der Waals surface area contributed by atoms with Gasteiger partial charge in [0.25, 0.3) is 5.91 Å². The lowest BCUT2D eigenvalue weighted by Gasteiger charge is -2.33. The molecule has 1 saturated heterocycles. The predicted molar refractivity (Wildman–Crippen MR) is 76.4 cm³/mol. The van der Waals surface area contributed by atoms with E-state index in [1.807, 2.05) is 34.0 Å². The van der Waals surface area contributed by atoms with Crippen molar-refractivity contribution in [1.82, 2.24) is 15.1 Å². The standard InChI is InChI=1S/C14H22N4O2/c1-5-14(6-2)13(20)18(8-7-12(19)15-14)11-9-17(4)16-10(11)3/h9H,5-8H2,1-4H3,(H,15,19). The van der Waals surface area contributed by atoms with Gasteiger partial charge in [0.05, 0.1) is 11.4 Å². The number of carbonyl (C=O) groups is 2. The minimum Gasteiger partial charge on any atom is -0.342 e. The summed E-state index contributed by atoms with van der Waals surface area (Å²) in [5.41, 5.74) is 0.798. The van der Waals surface area contributed by atoms with E-state index in [9.17, 15) is 9.59 Å². The Hall–Kier alpha value is -1.85. The number of anilines is 1. The minimum atomic E-state index is -0.796. The van der Waals surface area contributed by atoms with Gasteiger partial charge in [-0.05, 0) is 19.8 Å².